The highest BCUT2D eigenvalue weighted by Gasteiger charge is 2.43. The summed E-state index contributed by atoms with van der Waals surface area (Å²) in [5.74, 6) is -6.64. The third kappa shape index (κ3) is 5.36. The Kier molecular flexibility index (Phi) is 7.56. The molecule has 1 aliphatic heterocycles. The summed E-state index contributed by atoms with van der Waals surface area (Å²) >= 11 is 0. The van der Waals surface area contributed by atoms with Crippen molar-refractivity contribution in [1.82, 2.24) is 24.8 Å². The van der Waals surface area contributed by atoms with Gasteiger partial charge in [-0.1, -0.05) is 13.0 Å². The van der Waals surface area contributed by atoms with Crippen molar-refractivity contribution in [2.24, 2.45) is 5.92 Å². The standard InChI is InChI=1S/C27H27F7N6O2/c1-2-13-3-4-15(19-9-16(27(32,33)34)22-23(35)36-12-37-40(19)22)21(29)20(13)24(41)38-18-11-39(10-17(18)28)25(42)14-5-7-26(30,31)8-6-14/h3-4,9,12,14,17-18H,2,5-8,10-11H2,1H3,(H,38,41)(H2,35,36,37)/t17-,18+/m0/s1. The van der Waals surface area contributed by atoms with Crippen molar-refractivity contribution in [3.63, 3.8) is 0 Å². The molecule has 1 aromatic carbocycles. The van der Waals surface area contributed by atoms with Crippen LogP contribution in [-0.2, 0) is 17.4 Å². The molecule has 2 amide bonds. The van der Waals surface area contributed by atoms with Crippen LogP contribution < -0.4 is 11.1 Å². The molecular weight excluding hydrogens is 573 g/mol. The summed E-state index contributed by atoms with van der Waals surface area (Å²) in [6.45, 7) is 1.03. The maximum absolute atomic E-state index is 16.0. The first-order valence-corrected chi connectivity index (χ1v) is 13.3. The lowest BCUT2D eigenvalue weighted by Gasteiger charge is -2.30. The number of anilines is 1. The average molecular weight is 601 g/mol. The second kappa shape index (κ2) is 10.7. The number of alkyl halides is 6. The van der Waals surface area contributed by atoms with E-state index in [1.807, 2.05) is 0 Å². The highest BCUT2D eigenvalue weighted by Crippen LogP contribution is 2.40. The SMILES string of the molecule is CCc1ccc(-c2cc(C(F)(F)F)c3c(N)ncnn23)c(F)c1C(=O)N[C@@H]1CN(C(=O)C2CCC(F)(F)CC2)C[C@@H]1F. The number of aryl methyl sites for hydroxylation is 1. The molecule has 2 aliphatic rings. The van der Waals surface area contributed by atoms with Crippen LogP contribution >= 0.6 is 0 Å². The zero-order valence-corrected chi connectivity index (χ0v) is 22.3. The summed E-state index contributed by atoms with van der Waals surface area (Å²) in [6.07, 6.45) is -6.45. The zero-order valence-electron chi connectivity index (χ0n) is 22.3. The number of halogens is 7. The molecule has 3 N–H and O–H groups in total. The van der Waals surface area contributed by atoms with Gasteiger partial charge in [-0.25, -0.2) is 27.1 Å². The van der Waals surface area contributed by atoms with Crippen molar-refractivity contribution >= 4 is 23.1 Å². The largest absolute Gasteiger partial charge is 0.418 e. The van der Waals surface area contributed by atoms with Gasteiger partial charge in [0, 0.05) is 30.9 Å². The lowest BCUT2D eigenvalue weighted by Crippen LogP contribution is -2.43. The molecular formula is C27H27F7N6O2. The van der Waals surface area contributed by atoms with Crippen LogP contribution in [0.3, 0.4) is 0 Å². The van der Waals surface area contributed by atoms with Gasteiger partial charge in [0.25, 0.3) is 5.91 Å². The van der Waals surface area contributed by atoms with Gasteiger partial charge in [0.05, 0.1) is 29.4 Å². The molecule has 0 unspecified atom stereocenters. The minimum absolute atomic E-state index is 0.0325. The predicted molar refractivity (Wildman–Crippen MR) is 137 cm³/mol. The first-order chi connectivity index (χ1) is 19.7. The number of nitrogens with one attached hydrogen (secondary N) is 1. The highest BCUT2D eigenvalue weighted by molar-refractivity contribution is 5.98. The molecule has 1 saturated heterocycles. The number of nitrogens with zero attached hydrogens (tertiary/aromatic N) is 4. The van der Waals surface area contributed by atoms with Crippen LogP contribution in [0.4, 0.5) is 36.6 Å². The van der Waals surface area contributed by atoms with Crippen LogP contribution in [0, 0.1) is 11.7 Å². The van der Waals surface area contributed by atoms with Crippen molar-refractivity contribution < 1.29 is 40.3 Å². The molecule has 3 aromatic rings. The second-order valence-corrected chi connectivity index (χ2v) is 10.6. The molecule has 3 heterocycles. The monoisotopic (exact) mass is 600 g/mol. The van der Waals surface area contributed by atoms with E-state index in [2.05, 4.69) is 15.4 Å². The second-order valence-electron chi connectivity index (χ2n) is 10.6. The number of benzene rings is 1. The van der Waals surface area contributed by atoms with Crippen LogP contribution in [0.25, 0.3) is 16.8 Å². The molecule has 42 heavy (non-hydrogen) atoms. The molecule has 226 valence electrons. The molecule has 5 rings (SSSR count). The molecule has 1 aliphatic carbocycles. The van der Waals surface area contributed by atoms with Crippen molar-refractivity contribution in [3.05, 3.63) is 47.0 Å². The quantitative estimate of drug-likeness (QED) is 0.410. The number of likely N-dealkylation sites (tertiary alicyclic amines) is 1. The summed E-state index contributed by atoms with van der Waals surface area (Å²) in [5.41, 5.74) is 2.91. The number of carbonyl (C=O) groups is 2. The molecule has 2 fully saturated rings. The van der Waals surface area contributed by atoms with E-state index in [0.29, 0.717) is 6.07 Å². The maximum Gasteiger partial charge on any atom is 0.418 e. The van der Waals surface area contributed by atoms with E-state index in [4.69, 9.17) is 5.73 Å². The maximum atomic E-state index is 16.0. The summed E-state index contributed by atoms with van der Waals surface area (Å²) in [6, 6.07) is 2.04. The first-order valence-electron chi connectivity index (χ1n) is 13.3. The number of hydrogen-bond donors (Lipinski definition) is 2. The predicted octanol–water partition coefficient (Wildman–Crippen LogP) is 4.80. The van der Waals surface area contributed by atoms with Crippen LogP contribution in [0.2, 0.25) is 0 Å². The number of rotatable bonds is 5. The van der Waals surface area contributed by atoms with Gasteiger partial charge in [0.1, 0.15) is 23.8 Å². The summed E-state index contributed by atoms with van der Waals surface area (Å²) < 4.78 is 100. The van der Waals surface area contributed by atoms with Crippen LogP contribution in [0.5, 0.6) is 0 Å². The summed E-state index contributed by atoms with van der Waals surface area (Å²) in [7, 11) is 0. The van der Waals surface area contributed by atoms with Gasteiger partial charge < -0.3 is 16.0 Å². The molecule has 1 saturated carbocycles. The summed E-state index contributed by atoms with van der Waals surface area (Å²) in [5, 5.41) is 6.22. The van der Waals surface area contributed by atoms with Gasteiger partial charge >= 0.3 is 6.18 Å². The lowest BCUT2D eigenvalue weighted by atomic mass is 9.86. The van der Waals surface area contributed by atoms with E-state index >= 15 is 4.39 Å². The Hall–Kier alpha value is -3.91. The molecule has 0 spiro atoms. The van der Waals surface area contributed by atoms with Crippen LogP contribution in [-0.4, -0.2) is 62.5 Å². The van der Waals surface area contributed by atoms with E-state index < -0.39 is 83.2 Å². The highest BCUT2D eigenvalue weighted by atomic mass is 19.4. The average Bonchev–Trinajstić information content (AvgIpc) is 3.49. The number of carbonyl (C=O) groups excluding carboxylic acids is 2. The smallest absolute Gasteiger partial charge is 0.382 e. The van der Waals surface area contributed by atoms with E-state index in [-0.39, 0.29) is 49.2 Å². The number of fused-ring (bicyclic) bond motifs is 1. The number of amides is 2. The number of hydrogen-bond acceptors (Lipinski definition) is 5. The minimum atomic E-state index is -4.87. The zero-order chi connectivity index (χ0) is 30.6. The third-order valence-electron chi connectivity index (χ3n) is 7.94. The van der Waals surface area contributed by atoms with Gasteiger partial charge in [-0.15, -0.1) is 0 Å². The van der Waals surface area contributed by atoms with Gasteiger partial charge in [-0.2, -0.15) is 18.3 Å². The van der Waals surface area contributed by atoms with E-state index in [1.54, 1.807) is 6.92 Å². The molecule has 0 bridgehead atoms. The Morgan fingerprint density at radius 1 is 1.17 bits per heavy atom. The van der Waals surface area contributed by atoms with E-state index in [9.17, 15) is 35.9 Å². The van der Waals surface area contributed by atoms with E-state index in [0.717, 1.165) is 10.8 Å². The number of nitrogen functional groups attached to an aromatic ring is 1. The van der Waals surface area contributed by atoms with Crippen molar-refractivity contribution in [1.29, 1.82) is 0 Å². The normalized spacial score (nSPS) is 21.2. The van der Waals surface area contributed by atoms with Gasteiger partial charge in [-0.05, 0) is 37.0 Å². The fourth-order valence-corrected chi connectivity index (χ4v) is 5.70. The Morgan fingerprint density at radius 2 is 1.86 bits per heavy atom. The Morgan fingerprint density at radius 3 is 2.50 bits per heavy atom. The summed E-state index contributed by atoms with van der Waals surface area (Å²) in [4.78, 5) is 31.0. The van der Waals surface area contributed by atoms with Gasteiger partial charge in [0.15, 0.2) is 5.82 Å². The van der Waals surface area contributed by atoms with Crippen LogP contribution in [0.15, 0.2) is 24.5 Å². The lowest BCUT2D eigenvalue weighted by molar-refractivity contribution is -0.139. The first kappa shape index (κ1) is 29.6. The molecule has 2 aromatic heterocycles. The Bertz CT molecular complexity index is 1530. The van der Waals surface area contributed by atoms with Crippen molar-refractivity contribution in [3.8, 4) is 11.3 Å². The third-order valence-corrected chi connectivity index (χ3v) is 7.94. The minimum Gasteiger partial charge on any atom is -0.382 e. The number of aromatic nitrogens is 3. The van der Waals surface area contributed by atoms with Crippen molar-refractivity contribution in [2.45, 2.75) is 63.3 Å². The Labute approximate surface area is 235 Å². The molecule has 2 atom stereocenters. The van der Waals surface area contributed by atoms with Crippen molar-refractivity contribution in [2.75, 3.05) is 18.8 Å². The molecule has 0 radical (unpaired) electrons. The molecule has 15 heteroatoms. The fraction of sp³-hybridized carbons (Fsp3) is 0.481. The van der Waals surface area contributed by atoms with E-state index in [1.165, 1.54) is 17.0 Å². The van der Waals surface area contributed by atoms with Crippen LogP contribution in [0.1, 0.15) is 54.1 Å². The Balaban J connectivity index is 1.42. The van der Waals surface area contributed by atoms with Gasteiger partial charge in [0.2, 0.25) is 11.8 Å². The molecule has 8 nitrogen and oxygen atoms in total. The topological polar surface area (TPSA) is 106 Å². The van der Waals surface area contributed by atoms with Gasteiger partial charge in [-0.3, -0.25) is 9.59 Å². The fourth-order valence-electron chi connectivity index (χ4n) is 5.70. The number of nitrogens with two attached hydrogens (primary N) is 1.